The molecule has 1 N–H and O–H groups in total. The number of hydrogen-bond donors (Lipinski definition) is 1. The molecule has 0 radical (unpaired) electrons. The molecule has 1 amide bonds. The van der Waals surface area contributed by atoms with E-state index >= 15 is 0 Å². The number of sulfonamides is 1. The zero-order valence-electron chi connectivity index (χ0n) is 17.4. The van der Waals surface area contributed by atoms with Crippen molar-refractivity contribution in [1.82, 2.24) is 24.1 Å². The van der Waals surface area contributed by atoms with Crippen molar-refractivity contribution in [2.45, 2.75) is 32.4 Å². The molecule has 0 fully saturated rings. The van der Waals surface area contributed by atoms with E-state index in [2.05, 4.69) is 10.1 Å². The molecule has 172 valence electrons. The number of aryl methyl sites for hydroxylation is 1. The van der Waals surface area contributed by atoms with E-state index in [4.69, 9.17) is 0 Å². The molecule has 0 aliphatic carbocycles. The first-order valence-electron chi connectivity index (χ1n) is 9.82. The lowest BCUT2D eigenvalue weighted by atomic mass is 10.2. The molecule has 0 aliphatic rings. The van der Waals surface area contributed by atoms with Crippen LogP contribution in [-0.4, -0.2) is 39.4 Å². The molecule has 0 spiro atoms. The van der Waals surface area contributed by atoms with Gasteiger partial charge >= 0.3 is 6.18 Å². The van der Waals surface area contributed by atoms with E-state index in [9.17, 15) is 26.4 Å². The smallest absolute Gasteiger partial charge is 0.285 e. The van der Waals surface area contributed by atoms with Crippen LogP contribution in [0.1, 0.15) is 37.4 Å². The Hall–Kier alpha value is -3.15. The molecular weight excluding hydrogens is 447 g/mol. The second-order valence-electron chi connectivity index (χ2n) is 7.13. The number of nitrogens with zero attached hydrogens (tertiary/aromatic N) is 4. The van der Waals surface area contributed by atoms with E-state index in [1.54, 1.807) is 24.4 Å². The summed E-state index contributed by atoms with van der Waals surface area (Å²) in [4.78, 5) is 16.3. The molecule has 0 saturated carbocycles. The second kappa shape index (κ2) is 9.15. The van der Waals surface area contributed by atoms with Crippen molar-refractivity contribution in [3.63, 3.8) is 0 Å². The molecule has 0 unspecified atom stereocenters. The van der Waals surface area contributed by atoms with E-state index in [0.717, 1.165) is 23.3 Å². The summed E-state index contributed by atoms with van der Waals surface area (Å²) < 4.78 is 69.2. The summed E-state index contributed by atoms with van der Waals surface area (Å²) in [5, 5.41) is 4.29. The SMILES string of the molecule is CCCCCS(=O)(=O)NC(=O)/C=C/c1c(C(F)(F)F)nn(C)c1-n1ccc2cccnc21. The highest BCUT2D eigenvalue weighted by Crippen LogP contribution is 2.35. The predicted molar refractivity (Wildman–Crippen MR) is 113 cm³/mol. The first kappa shape index (κ1) is 23.5. The normalized spacial score (nSPS) is 12.7. The third-order valence-corrected chi connectivity index (χ3v) is 6.01. The summed E-state index contributed by atoms with van der Waals surface area (Å²) in [6.07, 6.45) is 1.78. The number of pyridine rings is 1. The number of carbonyl (C=O) groups is 1. The van der Waals surface area contributed by atoms with Crippen molar-refractivity contribution in [3.8, 4) is 5.82 Å². The van der Waals surface area contributed by atoms with Gasteiger partial charge < -0.3 is 0 Å². The van der Waals surface area contributed by atoms with Crippen LogP contribution < -0.4 is 4.72 Å². The molecule has 0 atom stereocenters. The van der Waals surface area contributed by atoms with E-state index in [1.165, 1.54) is 17.8 Å². The molecule has 3 heterocycles. The molecule has 8 nitrogen and oxygen atoms in total. The van der Waals surface area contributed by atoms with Crippen molar-refractivity contribution < 1.29 is 26.4 Å². The maximum absolute atomic E-state index is 13.6. The van der Waals surface area contributed by atoms with E-state index < -0.39 is 27.8 Å². The van der Waals surface area contributed by atoms with Crippen LogP contribution in [-0.2, 0) is 28.0 Å². The summed E-state index contributed by atoms with van der Waals surface area (Å²) in [6, 6.07) is 5.14. The topological polar surface area (TPSA) is 98.9 Å². The number of rotatable bonds is 8. The number of fused-ring (bicyclic) bond motifs is 1. The number of unbranched alkanes of at least 4 members (excludes halogenated alkanes) is 2. The Morgan fingerprint density at radius 3 is 2.69 bits per heavy atom. The summed E-state index contributed by atoms with van der Waals surface area (Å²) >= 11 is 0. The first-order valence-corrected chi connectivity index (χ1v) is 11.5. The van der Waals surface area contributed by atoms with Gasteiger partial charge in [0.2, 0.25) is 10.0 Å². The van der Waals surface area contributed by atoms with Gasteiger partial charge in [-0.1, -0.05) is 19.8 Å². The number of alkyl halides is 3. The maximum Gasteiger partial charge on any atom is 0.435 e. The van der Waals surface area contributed by atoms with Crippen LogP contribution in [0.2, 0.25) is 0 Å². The van der Waals surface area contributed by atoms with Gasteiger partial charge in [0.15, 0.2) is 5.69 Å². The van der Waals surface area contributed by atoms with Crippen LogP contribution >= 0.6 is 0 Å². The van der Waals surface area contributed by atoms with Crippen LogP contribution in [0.4, 0.5) is 13.2 Å². The number of carbonyl (C=O) groups excluding carboxylic acids is 1. The molecule has 3 rings (SSSR count). The second-order valence-corrected chi connectivity index (χ2v) is 8.98. The predicted octanol–water partition coefficient (Wildman–Crippen LogP) is 3.43. The summed E-state index contributed by atoms with van der Waals surface area (Å²) in [5.74, 6) is -1.26. The Morgan fingerprint density at radius 1 is 1.25 bits per heavy atom. The lowest BCUT2D eigenvalue weighted by Gasteiger charge is -2.08. The van der Waals surface area contributed by atoms with Crippen molar-refractivity contribution >= 4 is 33.0 Å². The lowest BCUT2D eigenvalue weighted by Crippen LogP contribution is -2.31. The van der Waals surface area contributed by atoms with Gasteiger partial charge in [0, 0.05) is 30.9 Å². The summed E-state index contributed by atoms with van der Waals surface area (Å²) in [6.45, 7) is 1.90. The number of nitrogens with one attached hydrogen (secondary N) is 1. The third-order valence-electron chi connectivity index (χ3n) is 4.67. The molecular formula is C20H22F3N5O3S. The van der Waals surface area contributed by atoms with Crippen molar-refractivity contribution in [2.75, 3.05) is 5.75 Å². The maximum atomic E-state index is 13.6. The highest BCUT2D eigenvalue weighted by Gasteiger charge is 2.38. The Balaban J connectivity index is 1.99. The fourth-order valence-corrected chi connectivity index (χ4v) is 4.32. The lowest BCUT2D eigenvalue weighted by molar-refractivity contribution is -0.141. The van der Waals surface area contributed by atoms with Crippen LogP contribution in [0.5, 0.6) is 0 Å². The minimum Gasteiger partial charge on any atom is -0.285 e. The van der Waals surface area contributed by atoms with Gasteiger partial charge in [-0.05, 0) is 30.7 Å². The number of halogens is 3. The zero-order valence-corrected chi connectivity index (χ0v) is 18.2. The van der Waals surface area contributed by atoms with Gasteiger partial charge in [0.1, 0.15) is 11.5 Å². The van der Waals surface area contributed by atoms with E-state index in [1.807, 2.05) is 11.6 Å². The van der Waals surface area contributed by atoms with E-state index in [-0.39, 0.29) is 17.1 Å². The van der Waals surface area contributed by atoms with Crippen molar-refractivity contribution in [2.24, 2.45) is 7.05 Å². The molecule has 0 aliphatic heterocycles. The van der Waals surface area contributed by atoms with Gasteiger partial charge in [-0.3, -0.25) is 14.0 Å². The molecule has 32 heavy (non-hydrogen) atoms. The molecule has 0 bridgehead atoms. The van der Waals surface area contributed by atoms with Crippen molar-refractivity contribution in [1.29, 1.82) is 0 Å². The largest absolute Gasteiger partial charge is 0.435 e. The molecule has 3 aromatic heterocycles. The Labute approximate surface area is 182 Å². The molecule has 0 aromatic carbocycles. The minimum absolute atomic E-state index is 0.0286. The minimum atomic E-state index is -4.80. The van der Waals surface area contributed by atoms with Gasteiger partial charge in [-0.25, -0.2) is 18.1 Å². The van der Waals surface area contributed by atoms with Gasteiger partial charge in [-0.2, -0.15) is 18.3 Å². The fourth-order valence-electron chi connectivity index (χ4n) is 3.26. The van der Waals surface area contributed by atoms with Crippen LogP contribution in [0, 0.1) is 0 Å². The van der Waals surface area contributed by atoms with E-state index in [0.29, 0.717) is 23.9 Å². The van der Waals surface area contributed by atoms with Crippen LogP contribution in [0.25, 0.3) is 22.9 Å². The Morgan fingerprint density at radius 2 is 2.00 bits per heavy atom. The first-order chi connectivity index (χ1) is 15.0. The quantitative estimate of drug-likeness (QED) is 0.403. The van der Waals surface area contributed by atoms with Gasteiger partial charge in [0.25, 0.3) is 5.91 Å². The summed E-state index contributed by atoms with van der Waals surface area (Å²) in [5.41, 5.74) is -1.19. The summed E-state index contributed by atoms with van der Waals surface area (Å²) in [7, 11) is -2.54. The van der Waals surface area contributed by atoms with Crippen LogP contribution in [0.3, 0.4) is 0 Å². The molecule has 3 aromatic rings. The standard InChI is InChI=1S/C20H22F3N5O3S/c1-3-4-5-13-32(30,31)26-16(29)9-8-15-17(20(21,22)23)25-27(2)19(15)28-12-10-14-7-6-11-24-18(14)28/h6-12H,3-5,13H2,1-2H3,(H,26,29)/b9-8+. The zero-order chi connectivity index (χ0) is 23.5. The average Bonchev–Trinajstić information content (AvgIpc) is 3.26. The van der Waals surface area contributed by atoms with Gasteiger partial charge in [0.05, 0.1) is 11.3 Å². The molecule has 12 heteroatoms. The number of hydrogen-bond acceptors (Lipinski definition) is 5. The van der Waals surface area contributed by atoms with Gasteiger partial charge in [-0.15, -0.1) is 0 Å². The number of aromatic nitrogens is 4. The van der Waals surface area contributed by atoms with Crippen LogP contribution in [0.15, 0.2) is 36.7 Å². The Bertz CT molecular complexity index is 1260. The molecule has 0 saturated heterocycles. The highest BCUT2D eigenvalue weighted by molar-refractivity contribution is 7.90. The average molecular weight is 469 g/mol. The highest BCUT2D eigenvalue weighted by atomic mass is 32.2. The number of amides is 1. The monoisotopic (exact) mass is 469 g/mol. The Kier molecular flexibility index (Phi) is 6.72. The third kappa shape index (κ3) is 5.18. The fraction of sp³-hybridized carbons (Fsp3) is 0.350. The van der Waals surface area contributed by atoms with Crippen molar-refractivity contribution in [3.05, 3.63) is 47.9 Å².